The molecule has 0 spiro atoms. The van der Waals surface area contributed by atoms with Crippen molar-refractivity contribution in [3.8, 4) is 23.0 Å². The van der Waals surface area contributed by atoms with Crippen molar-refractivity contribution in [2.24, 2.45) is 0 Å². The minimum atomic E-state index is -5.41. The summed E-state index contributed by atoms with van der Waals surface area (Å²) in [6, 6.07) is 1.73. The zero-order chi connectivity index (χ0) is 25.4. The molecule has 2 aromatic carbocycles. The van der Waals surface area contributed by atoms with Crippen LogP contribution in [0.15, 0.2) is 43.8 Å². The molecule has 0 bridgehead atoms. The van der Waals surface area contributed by atoms with Crippen LogP contribution in [0, 0.1) is 0 Å². The van der Waals surface area contributed by atoms with Crippen molar-refractivity contribution in [3.05, 3.63) is 24.3 Å². The summed E-state index contributed by atoms with van der Waals surface area (Å²) in [6.45, 7) is 0. The van der Waals surface area contributed by atoms with Crippen LogP contribution in [-0.2, 0) is 40.5 Å². The maximum absolute atomic E-state index is 10.7. The van der Waals surface area contributed by atoms with Crippen LogP contribution in [0.2, 0.25) is 0 Å². The molecule has 0 unspecified atom stereocenters. The molecule has 0 aliphatic carbocycles. The zero-order valence-corrected chi connectivity index (χ0v) is 24.0. The van der Waals surface area contributed by atoms with E-state index in [4.69, 9.17) is 29.5 Å². The van der Waals surface area contributed by atoms with E-state index in [9.17, 15) is 42.8 Å². The molecule has 2 rings (SSSR count). The summed E-state index contributed by atoms with van der Waals surface area (Å²) in [7, 11) is -20.4. The van der Waals surface area contributed by atoms with Crippen LogP contribution in [0.4, 0.5) is 0 Å². The van der Waals surface area contributed by atoms with Gasteiger partial charge in [0.15, 0.2) is 23.0 Å². The van der Waals surface area contributed by atoms with Gasteiger partial charge >= 0.3 is 59.1 Å². The molecule has 0 aliphatic heterocycles. The van der Waals surface area contributed by atoms with Crippen LogP contribution < -0.4 is 59.1 Å². The number of phenols is 4. The van der Waals surface area contributed by atoms with E-state index in [1.165, 1.54) is 0 Å². The Kier molecular flexibility index (Phi) is 12.5. The van der Waals surface area contributed by atoms with Gasteiger partial charge in [-0.3, -0.25) is 9.11 Å². The Morgan fingerprint density at radius 1 is 0.588 bits per heavy atom. The number of aromatic hydroxyl groups is 4. The summed E-state index contributed by atoms with van der Waals surface area (Å²) >= 11 is 0. The van der Waals surface area contributed by atoms with Gasteiger partial charge in [0.2, 0.25) is 0 Å². The summed E-state index contributed by atoms with van der Waals surface area (Å²) in [5.74, 6) is -4.81. The fraction of sp³-hybridized carbons (Fsp3) is 0. The number of rotatable bonds is 4. The van der Waals surface area contributed by atoms with Crippen LogP contribution in [0.5, 0.6) is 23.0 Å². The molecule has 0 saturated heterocycles. The summed E-state index contributed by atoms with van der Waals surface area (Å²) in [5, 5.41) is 36.0. The van der Waals surface area contributed by atoms with Crippen molar-refractivity contribution in [2.75, 3.05) is 0 Å². The van der Waals surface area contributed by atoms with Crippen molar-refractivity contribution in [2.45, 2.75) is 19.6 Å². The monoisotopic (exact) mass is 584 g/mol. The molecule has 0 fully saturated rings. The summed E-state index contributed by atoms with van der Waals surface area (Å²) in [6.07, 6.45) is 0. The molecule has 22 heteroatoms. The SMILES string of the molecule is O=S(=O)(O)c1cc(O)c(O)c(S(=O)(=O)O)c1.O=S(=O)([O-])c1ccc(O)c(O)c1S(=O)(=O)[O-].[Na+].[Na+]. The van der Waals surface area contributed by atoms with E-state index in [2.05, 4.69) is 0 Å². The van der Waals surface area contributed by atoms with Crippen LogP contribution in [-0.4, -0.2) is 72.3 Å². The normalized spacial score (nSPS) is 11.9. The third kappa shape index (κ3) is 9.05. The third-order valence-electron chi connectivity index (χ3n) is 3.20. The predicted molar refractivity (Wildman–Crippen MR) is 95.1 cm³/mol. The molecule has 180 valence electrons. The average Bonchev–Trinajstić information content (AvgIpc) is 2.55. The van der Waals surface area contributed by atoms with E-state index in [-0.39, 0.29) is 59.1 Å². The molecule has 2 aromatic rings. The second kappa shape index (κ2) is 12.0. The molecule has 0 heterocycles. The minimum Gasteiger partial charge on any atom is -0.744 e. The first-order chi connectivity index (χ1) is 14.1. The predicted octanol–water partition coefficient (Wildman–Crippen LogP) is -7.49. The van der Waals surface area contributed by atoms with Gasteiger partial charge in [-0.1, -0.05) is 0 Å². The van der Waals surface area contributed by atoms with E-state index >= 15 is 0 Å². The maximum Gasteiger partial charge on any atom is 1.00 e. The van der Waals surface area contributed by atoms with E-state index in [1.807, 2.05) is 0 Å². The molecule has 6 N–H and O–H groups in total. The first kappa shape index (κ1) is 35.4. The molecule has 16 nitrogen and oxygen atoms in total. The van der Waals surface area contributed by atoms with Crippen LogP contribution >= 0.6 is 0 Å². The Labute approximate surface area is 236 Å². The number of hydrogen-bond donors (Lipinski definition) is 6. The van der Waals surface area contributed by atoms with Gasteiger partial charge in [-0.25, -0.2) is 16.8 Å². The summed E-state index contributed by atoms with van der Waals surface area (Å²) in [5.41, 5.74) is 0. The molecule has 0 saturated carbocycles. The van der Waals surface area contributed by atoms with Gasteiger partial charge in [0, 0.05) is 6.07 Å². The zero-order valence-electron chi connectivity index (χ0n) is 16.7. The Morgan fingerprint density at radius 3 is 1.41 bits per heavy atom. The number of hydrogen-bond acceptors (Lipinski definition) is 14. The number of phenolic OH excluding ortho intramolecular Hbond substituents is 4. The van der Waals surface area contributed by atoms with Gasteiger partial charge in [-0.05, 0) is 18.2 Å². The molecule has 0 aliphatic rings. The third-order valence-corrected chi connectivity index (χ3v) is 6.82. The fourth-order valence-electron chi connectivity index (χ4n) is 1.89. The fourth-order valence-corrected chi connectivity index (χ4v) is 4.95. The van der Waals surface area contributed by atoms with E-state index < -0.39 is 83.1 Å². The Morgan fingerprint density at radius 2 is 1.06 bits per heavy atom. The summed E-state index contributed by atoms with van der Waals surface area (Å²) < 4.78 is 124. The molecule has 34 heavy (non-hydrogen) atoms. The van der Waals surface area contributed by atoms with Gasteiger partial charge in [0.05, 0.1) is 9.79 Å². The molecular formula is C12H10Na2O16S4. The number of benzene rings is 2. The topological polar surface area (TPSA) is 304 Å². The van der Waals surface area contributed by atoms with Gasteiger partial charge in [-0.15, -0.1) is 0 Å². The Hall–Kier alpha value is -0.720. The van der Waals surface area contributed by atoms with Crippen LogP contribution in [0.25, 0.3) is 0 Å². The minimum absolute atomic E-state index is 0. The van der Waals surface area contributed by atoms with E-state index in [0.29, 0.717) is 24.3 Å². The Bertz CT molecular complexity index is 1500. The van der Waals surface area contributed by atoms with E-state index in [0.717, 1.165) is 0 Å². The summed E-state index contributed by atoms with van der Waals surface area (Å²) in [4.78, 5) is -5.25. The van der Waals surface area contributed by atoms with Gasteiger partial charge in [0.1, 0.15) is 30.0 Å². The quantitative estimate of drug-likeness (QED) is 0.110. The first-order valence-corrected chi connectivity index (χ1v) is 12.8. The van der Waals surface area contributed by atoms with Crippen molar-refractivity contribution in [1.29, 1.82) is 0 Å². The van der Waals surface area contributed by atoms with Crippen molar-refractivity contribution in [3.63, 3.8) is 0 Å². The van der Waals surface area contributed by atoms with Crippen LogP contribution in [0.1, 0.15) is 0 Å². The standard InChI is InChI=1S/2C6H6O8S2.2Na/c7-4-1-3(15(9,10)11)2-5(6(4)8)16(12,13)14;7-3-1-2-4(15(9,10)11)6(5(3)8)16(12,13)14;;/h2*1-2,7-8H,(H,9,10,11)(H,12,13,14);;/q;;2*+1/p-2. The molecule has 0 radical (unpaired) electrons. The van der Waals surface area contributed by atoms with Gasteiger partial charge < -0.3 is 29.5 Å². The largest absolute Gasteiger partial charge is 1.00 e. The molecular weight excluding hydrogens is 574 g/mol. The van der Waals surface area contributed by atoms with Crippen molar-refractivity contribution in [1.82, 2.24) is 0 Å². The van der Waals surface area contributed by atoms with Gasteiger partial charge in [0.25, 0.3) is 20.2 Å². The molecule has 0 atom stereocenters. The Balaban J connectivity index is 0. The molecule has 0 amide bonds. The first-order valence-electron chi connectivity index (χ1n) is 7.06. The average molecular weight is 584 g/mol. The maximum atomic E-state index is 10.7. The van der Waals surface area contributed by atoms with Crippen LogP contribution in [0.3, 0.4) is 0 Å². The smallest absolute Gasteiger partial charge is 0.744 e. The second-order valence-corrected chi connectivity index (χ2v) is 10.9. The second-order valence-electron chi connectivity index (χ2n) is 5.41. The molecule has 0 aromatic heterocycles. The van der Waals surface area contributed by atoms with Crippen molar-refractivity contribution >= 4 is 40.5 Å². The van der Waals surface area contributed by atoms with E-state index in [1.54, 1.807) is 0 Å². The van der Waals surface area contributed by atoms with Gasteiger partial charge in [-0.2, -0.15) is 16.8 Å². The van der Waals surface area contributed by atoms with Crippen molar-refractivity contribution < 1.29 is 131 Å².